The van der Waals surface area contributed by atoms with Gasteiger partial charge in [-0.05, 0) is 37.8 Å². The Morgan fingerprint density at radius 1 is 1.50 bits per heavy atom. The number of aryl methyl sites for hydroxylation is 1. The average Bonchev–Trinajstić information content (AvgIpc) is 2.31. The van der Waals surface area contributed by atoms with Crippen molar-refractivity contribution in [3.63, 3.8) is 0 Å². The van der Waals surface area contributed by atoms with Crippen molar-refractivity contribution in [2.45, 2.75) is 32.2 Å². The molecule has 2 rings (SSSR count). The van der Waals surface area contributed by atoms with Crippen LogP contribution in [-0.4, -0.2) is 0 Å². The highest BCUT2D eigenvalue weighted by molar-refractivity contribution is 7.12. The topological polar surface area (TPSA) is 26.0 Å². The largest absolute Gasteiger partial charge is 0.323 e. The number of thiophene rings is 1. The highest BCUT2D eigenvalue weighted by Gasteiger charge is 2.26. The first kappa shape index (κ1) is 8.27. The van der Waals surface area contributed by atoms with Gasteiger partial charge in [0.25, 0.3) is 0 Å². The van der Waals surface area contributed by atoms with Gasteiger partial charge in [0.2, 0.25) is 0 Å². The fourth-order valence-corrected chi connectivity index (χ4v) is 2.64. The van der Waals surface area contributed by atoms with Crippen molar-refractivity contribution in [2.24, 2.45) is 11.7 Å². The summed E-state index contributed by atoms with van der Waals surface area (Å²) in [7, 11) is 0. The minimum Gasteiger partial charge on any atom is -0.323 e. The molecule has 1 nitrogen and oxygen atoms in total. The molecule has 1 fully saturated rings. The summed E-state index contributed by atoms with van der Waals surface area (Å²) in [5.74, 6) is 0.767. The van der Waals surface area contributed by atoms with Gasteiger partial charge < -0.3 is 5.73 Å². The molecule has 0 saturated heterocycles. The van der Waals surface area contributed by atoms with Crippen LogP contribution in [0.3, 0.4) is 0 Å². The Kier molecular flexibility index (Phi) is 2.20. The van der Waals surface area contributed by atoms with Gasteiger partial charge in [0, 0.05) is 15.8 Å². The zero-order chi connectivity index (χ0) is 8.55. The van der Waals surface area contributed by atoms with Gasteiger partial charge in [-0.1, -0.05) is 6.42 Å². The van der Waals surface area contributed by atoms with Crippen molar-refractivity contribution in [1.29, 1.82) is 0 Å². The highest BCUT2D eigenvalue weighted by atomic mass is 32.1. The van der Waals surface area contributed by atoms with Crippen molar-refractivity contribution >= 4 is 11.3 Å². The molecule has 0 radical (unpaired) electrons. The van der Waals surface area contributed by atoms with Crippen LogP contribution in [0.5, 0.6) is 0 Å². The molecular weight excluding hydrogens is 166 g/mol. The molecule has 1 aliphatic carbocycles. The van der Waals surface area contributed by atoms with E-state index < -0.39 is 0 Å². The van der Waals surface area contributed by atoms with Crippen molar-refractivity contribution in [1.82, 2.24) is 0 Å². The summed E-state index contributed by atoms with van der Waals surface area (Å²) in [6, 6.07) is 4.67. The summed E-state index contributed by atoms with van der Waals surface area (Å²) in [6.07, 6.45) is 4.04. The summed E-state index contributed by atoms with van der Waals surface area (Å²) in [5.41, 5.74) is 6.12. The number of nitrogens with two attached hydrogens (primary N) is 1. The molecule has 1 aromatic rings. The molecule has 0 amide bonds. The van der Waals surface area contributed by atoms with E-state index in [9.17, 15) is 0 Å². The second-order valence-electron chi connectivity index (χ2n) is 3.67. The van der Waals surface area contributed by atoms with Gasteiger partial charge in [0.1, 0.15) is 0 Å². The fourth-order valence-electron chi connectivity index (χ4n) is 1.66. The Hall–Kier alpha value is -0.340. The molecule has 1 aliphatic rings. The van der Waals surface area contributed by atoms with E-state index in [1.54, 1.807) is 0 Å². The molecule has 12 heavy (non-hydrogen) atoms. The van der Waals surface area contributed by atoms with E-state index in [0.717, 1.165) is 5.92 Å². The lowest BCUT2D eigenvalue weighted by atomic mass is 9.79. The molecule has 0 aromatic carbocycles. The first-order valence-corrected chi connectivity index (χ1v) is 5.41. The Labute approximate surface area is 77.6 Å². The third kappa shape index (κ3) is 1.41. The van der Waals surface area contributed by atoms with E-state index in [1.165, 1.54) is 29.0 Å². The molecule has 0 bridgehead atoms. The predicted octanol–water partition coefficient (Wildman–Crippen LogP) is 2.86. The van der Waals surface area contributed by atoms with Crippen molar-refractivity contribution < 1.29 is 0 Å². The summed E-state index contributed by atoms with van der Waals surface area (Å²) < 4.78 is 0. The van der Waals surface area contributed by atoms with Gasteiger partial charge in [-0.15, -0.1) is 11.3 Å². The highest BCUT2D eigenvalue weighted by Crippen LogP contribution is 2.38. The Balaban J connectivity index is 2.08. The first-order chi connectivity index (χ1) is 5.77. The standard InChI is InChI=1S/C10H15NS/c1-7-5-6-9(12-7)10(11)8-3-2-4-8/h5-6,8,10H,2-4,11H2,1H3. The average molecular weight is 181 g/mol. The maximum Gasteiger partial charge on any atom is 0.0418 e. The summed E-state index contributed by atoms with van der Waals surface area (Å²) in [4.78, 5) is 2.75. The lowest BCUT2D eigenvalue weighted by molar-refractivity contribution is 0.267. The van der Waals surface area contributed by atoms with Crippen LogP contribution in [0.2, 0.25) is 0 Å². The number of rotatable bonds is 2. The SMILES string of the molecule is Cc1ccc(C(N)C2CCC2)s1. The van der Waals surface area contributed by atoms with E-state index >= 15 is 0 Å². The Morgan fingerprint density at radius 3 is 2.67 bits per heavy atom. The van der Waals surface area contributed by atoms with Crippen LogP contribution in [0, 0.1) is 12.8 Å². The van der Waals surface area contributed by atoms with Crippen LogP contribution >= 0.6 is 11.3 Å². The van der Waals surface area contributed by atoms with E-state index in [4.69, 9.17) is 5.73 Å². The Morgan fingerprint density at radius 2 is 2.25 bits per heavy atom. The van der Waals surface area contributed by atoms with Gasteiger partial charge in [0.15, 0.2) is 0 Å². The van der Waals surface area contributed by atoms with Crippen LogP contribution in [0.4, 0.5) is 0 Å². The first-order valence-electron chi connectivity index (χ1n) is 4.59. The minimum atomic E-state index is 0.317. The van der Waals surface area contributed by atoms with Crippen LogP contribution in [-0.2, 0) is 0 Å². The molecule has 2 heteroatoms. The van der Waals surface area contributed by atoms with Crippen molar-refractivity contribution in [2.75, 3.05) is 0 Å². The molecule has 66 valence electrons. The molecule has 0 aliphatic heterocycles. The van der Waals surface area contributed by atoms with E-state index in [1.807, 2.05) is 11.3 Å². The van der Waals surface area contributed by atoms with E-state index in [2.05, 4.69) is 19.1 Å². The molecule has 2 N–H and O–H groups in total. The molecule has 1 heterocycles. The number of hydrogen-bond donors (Lipinski definition) is 1. The molecule has 1 unspecified atom stereocenters. The summed E-state index contributed by atoms with van der Waals surface area (Å²) in [6.45, 7) is 2.14. The lowest BCUT2D eigenvalue weighted by Crippen LogP contribution is -2.25. The molecular formula is C10H15NS. The number of hydrogen-bond acceptors (Lipinski definition) is 2. The maximum absolute atomic E-state index is 6.12. The minimum absolute atomic E-state index is 0.317. The van der Waals surface area contributed by atoms with Gasteiger partial charge in [-0.25, -0.2) is 0 Å². The van der Waals surface area contributed by atoms with Crippen LogP contribution in [0.25, 0.3) is 0 Å². The maximum atomic E-state index is 6.12. The third-order valence-electron chi connectivity index (χ3n) is 2.75. The smallest absolute Gasteiger partial charge is 0.0418 e. The predicted molar refractivity (Wildman–Crippen MR) is 53.3 cm³/mol. The van der Waals surface area contributed by atoms with Crippen LogP contribution in [0.15, 0.2) is 12.1 Å². The van der Waals surface area contributed by atoms with Gasteiger partial charge >= 0.3 is 0 Å². The van der Waals surface area contributed by atoms with Gasteiger partial charge in [0.05, 0.1) is 0 Å². The Bertz CT molecular complexity index is 263. The van der Waals surface area contributed by atoms with Crippen LogP contribution < -0.4 is 5.73 Å². The van der Waals surface area contributed by atoms with Gasteiger partial charge in [-0.2, -0.15) is 0 Å². The van der Waals surface area contributed by atoms with E-state index in [-0.39, 0.29) is 0 Å². The normalized spacial score (nSPS) is 20.5. The second kappa shape index (κ2) is 3.19. The molecule has 1 saturated carbocycles. The van der Waals surface area contributed by atoms with E-state index in [0.29, 0.717) is 6.04 Å². The lowest BCUT2D eigenvalue weighted by Gasteiger charge is -2.30. The summed E-state index contributed by atoms with van der Waals surface area (Å²) >= 11 is 1.85. The monoisotopic (exact) mass is 181 g/mol. The molecule has 1 aromatic heterocycles. The van der Waals surface area contributed by atoms with Crippen LogP contribution in [0.1, 0.15) is 35.1 Å². The molecule has 0 spiro atoms. The quantitative estimate of drug-likeness (QED) is 0.746. The zero-order valence-corrected chi connectivity index (χ0v) is 8.23. The van der Waals surface area contributed by atoms with Gasteiger partial charge in [-0.3, -0.25) is 0 Å². The third-order valence-corrected chi connectivity index (χ3v) is 3.85. The van der Waals surface area contributed by atoms with Crippen molar-refractivity contribution in [3.8, 4) is 0 Å². The summed E-state index contributed by atoms with van der Waals surface area (Å²) in [5, 5.41) is 0. The molecule has 1 atom stereocenters. The second-order valence-corrected chi connectivity index (χ2v) is 4.98. The zero-order valence-electron chi connectivity index (χ0n) is 7.42. The fraction of sp³-hybridized carbons (Fsp3) is 0.600. The van der Waals surface area contributed by atoms with Crippen molar-refractivity contribution in [3.05, 3.63) is 21.9 Å².